The second kappa shape index (κ2) is 6.66. The number of nitrogens with zero attached hydrogens (tertiary/aromatic N) is 1. The van der Waals surface area contributed by atoms with Crippen molar-refractivity contribution < 1.29 is 28.2 Å². The van der Waals surface area contributed by atoms with Gasteiger partial charge in [0.15, 0.2) is 11.6 Å². The molecule has 0 spiro atoms. The maximum Gasteiger partial charge on any atom is 0.345 e. The van der Waals surface area contributed by atoms with Gasteiger partial charge in [0, 0.05) is 6.54 Å². The molecule has 1 fully saturated rings. The molecule has 2 aromatic rings. The van der Waals surface area contributed by atoms with Gasteiger partial charge in [0.2, 0.25) is 0 Å². The van der Waals surface area contributed by atoms with Gasteiger partial charge in [0.1, 0.15) is 11.0 Å². The summed E-state index contributed by atoms with van der Waals surface area (Å²) in [5.74, 6) is -3.30. The molecule has 8 heteroatoms. The predicted octanol–water partition coefficient (Wildman–Crippen LogP) is 2.94. The van der Waals surface area contributed by atoms with Crippen LogP contribution < -0.4 is 0 Å². The number of rotatable bonds is 3. The number of morpholine rings is 1. The Morgan fingerprint density at radius 2 is 1.92 bits per heavy atom. The Kier molecular flexibility index (Phi) is 4.59. The molecule has 5 nitrogen and oxygen atoms in total. The van der Waals surface area contributed by atoms with Crippen molar-refractivity contribution in [3.05, 3.63) is 57.3 Å². The number of halogens is 2. The monoisotopic (exact) mass is 353 g/mol. The van der Waals surface area contributed by atoms with Crippen molar-refractivity contribution in [2.24, 2.45) is 0 Å². The number of aromatic carboxylic acids is 1. The Morgan fingerprint density at radius 1 is 1.17 bits per heavy atom. The second-order valence-corrected chi connectivity index (χ2v) is 6.34. The molecule has 1 atom stereocenters. The number of ether oxygens (including phenoxy) is 1. The van der Waals surface area contributed by atoms with Gasteiger partial charge in [-0.15, -0.1) is 11.3 Å². The van der Waals surface area contributed by atoms with Gasteiger partial charge in [-0.3, -0.25) is 4.79 Å². The number of carbonyl (C=O) groups is 2. The predicted molar refractivity (Wildman–Crippen MR) is 82.2 cm³/mol. The topological polar surface area (TPSA) is 66.8 Å². The highest BCUT2D eigenvalue weighted by atomic mass is 32.1. The zero-order valence-corrected chi connectivity index (χ0v) is 13.2. The Bertz CT molecular complexity index is 792. The first-order valence-electron chi connectivity index (χ1n) is 7.14. The molecule has 1 aromatic heterocycles. The van der Waals surface area contributed by atoms with E-state index in [2.05, 4.69) is 0 Å². The van der Waals surface area contributed by atoms with Crippen LogP contribution in [0.3, 0.4) is 0 Å². The van der Waals surface area contributed by atoms with Crippen molar-refractivity contribution in [3.63, 3.8) is 0 Å². The normalized spacial score (nSPS) is 17.8. The van der Waals surface area contributed by atoms with Crippen molar-refractivity contribution in [2.75, 3.05) is 19.7 Å². The van der Waals surface area contributed by atoms with Crippen molar-refractivity contribution >= 4 is 23.2 Å². The van der Waals surface area contributed by atoms with Crippen molar-refractivity contribution in [2.45, 2.75) is 6.10 Å². The molecule has 1 aliphatic rings. The average molecular weight is 353 g/mol. The third-order valence-corrected chi connectivity index (χ3v) is 4.76. The molecule has 1 aliphatic heterocycles. The molecular weight excluding hydrogens is 340 g/mol. The van der Waals surface area contributed by atoms with Gasteiger partial charge in [-0.05, 0) is 29.8 Å². The third-order valence-electron chi connectivity index (χ3n) is 3.70. The first kappa shape index (κ1) is 16.5. The number of thiophene rings is 1. The van der Waals surface area contributed by atoms with Gasteiger partial charge >= 0.3 is 5.97 Å². The van der Waals surface area contributed by atoms with Crippen LogP contribution >= 0.6 is 11.3 Å². The zero-order valence-electron chi connectivity index (χ0n) is 12.4. The highest BCUT2D eigenvalue weighted by Gasteiger charge is 2.27. The molecular formula is C16H13F2NO4S. The van der Waals surface area contributed by atoms with Crippen LogP contribution in [0.5, 0.6) is 0 Å². The van der Waals surface area contributed by atoms with Gasteiger partial charge in [-0.2, -0.15) is 0 Å². The molecule has 0 bridgehead atoms. The van der Waals surface area contributed by atoms with Crippen LogP contribution in [0.25, 0.3) is 0 Å². The molecule has 126 valence electrons. The lowest BCUT2D eigenvalue weighted by atomic mass is 10.1. The quantitative estimate of drug-likeness (QED) is 0.921. The lowest BCUT2D eigenvalue weighted by Crippen LogP contribution is -2.42. The van der Waals surface area contributed by atoms with Crippen LogP contribution in [0.4, 0.5) is 8.78 Å². The number of amides is 1. The standard InChI is InChI=1S/C16H13F2NO4S/c17-10-2-1-9(7-11(10)18)12-8-19(5-6-23-12)15(20)13-3-4-14(24-13)16(21)22/h1-4,7,12H,5-6,8H2,(H,21,22)/t12-/m1/s1. The Balaban J connectivity index is 1.75. The smallest absolute Gasteiger partial charge is 0.345 e. The van der Waals surface area contributed by atoms with Crippen LogP contribution in [-0.2, 0) is 4.74 Å². The number of carboxylic acids is 1. The fraction of sp³-hybridized carbons (Fsp3) is 0.250. The first-order valence-corrected chi connectivity index (χ1v) is 7.96. The summed E-state index contributed by atoms with van der Waals surface area (Å²) >= 11 is 0.903. The number of benzene rings is 1. The van der Waals surface area contributed by atoms with Crippen LogP contribution in [0, 0.1) is 11.6 Å². The molecule has 0 radical (unpaired) electrons. The van der Waals surface area contributed by atoms with E-state index in [4.69, 9.17) is 9.84 Å². The maximum atomic E-state index is 13.4. The van der Waals surface area contributed by atoms with Gasteiger partial charge in [0.05, 0.1) is 18.0 Å². The molecule has 0 unspecified atom stereocenters. The second-order valence-electron chi connectivity index (χ2n) is 5.25. The van der Waals surface area contributed by atoms with Crippen LogP contribution in [0.15, 0.2) is 30.3 Å². The summed E-state index contributed by atoms with van der Waals surface area (Å²) in [4.78, 5) is 25.3. The Labute approximate surface area is 140 Å². The fourth-order valence-corrected chi connectivity index (χ4v) is 3.28. The summed E-state index contributed by atoms with van der Waals surface area (Å²) in [5.41, 5.74) is 0.448. The van der Waals surface area contributed by atoms with E-state index >= 15 is 0 Å². The molecule has 0 saturated carbocycles. The van der Waals surface area contributed by atoms with Crippen molar-refractivity contribution in [3.8, 4) is 0 Å². The lowest BCUT2D eigenvalue weighted by molar-refractivity contribution is -0.0228. The number of hydrogen-bond donors (Lipinski definition) is 1. The lowest BCUT2D eigenvalue weighted by Gasteiger charge is -2.33. The largest absolute Gasteiger partial charge is 0.477 e. The van der Waals surface area contributed by atoms with E-state index in [1.165, 1.54) is 23.1 Å². The van der Waals surface area contributed by atoms with Gasteiger partial charge in [0.25, 0.3) is 5.91 Å². The van der Waals surface area contributed by atoms with E-state index in [-0.39, 0.29) is 23.9 Å². The van der Waals surface area contributed by atoms with Gasteiger partial charge < -0.3 is 14.7 Å². The molecule has 24 heavy (non-hydrogen) atoms. The van der Waals surface area contributed by atoms with Gasteiger partial charge in [-0.25, -0.2) is 13.6 Å². The summed E-state index contributed by atoms with van der Waals surface area (Å²) in [6, 6.07) is 6.35. The molecule has 0 aliphatic carbocycles. The van der Waals surface area contributed by atoms with Crippen LogP contribution in [0.1, 0.15) is 31.0 Å². The molecule has 1 aromatic carbocycles. The molecule has 2 heterocycles. The highest BCUT2D eigenvalue weighted by molar-refractivity contribution is 7.15. The van der Waals surface area contributed by atoms with E-state index in [9.17, 15) is 18.4 Å². The SMILES string of the molecule is O=C(O)c1ccc(C(=O)N2CCO[C@@H](c3ccc(F)c(F)c3)C2)s1. The van der Waals surface area contributed by atoms with Crippen molar-refractivity contribution in [1.29, 1.82) is 0 Å². The minimum atomic E-state index is -1.08. The zero-order chi connectivity index (χ0) is 17.3. The van der Waals surface area contributed by atoms with E-state index in [1.807, 2.05) is 0 Å². The molecule has 1 saturated heterocycles. The number of carbonyl (C=O) groups excluding carboxylic acids is 1. The average Bonchev–Trinajstić information content (AvgIpc) is 3.07. The summed E-state index contributed by atoms with van der Waals surface area (Å²) in [6.07, 6.45) is -0.559. The van der Waals surface area contributed by atoms with E-state index < -0.39 is 23.7 Å². The van der Waals surface area contributed by atoms with E-state index in [0.717, 1.165) is 23.5 Å². The number of hydrogen-bond acceptors (Lipinski definition) is 4. The third kappa shape index (κ3) is 3.29. The van der Waals surface area contributed by atoms with Gasteiger partial charge in [-0.1, -0.05) is 6.07 Å². The minimum Gasteiger partial charge on any atom is -0.477 e. The Morgan fingerprint density at radius 3 is 2.58 bits per heavy atom. The summed E-state index contributed by atoms with van der Waals surface area (Å²) in [5, 5.41) is 8.93. The first-order chi connectivity index (χ1) is 11.5. The molecule has 1 N–H and O–H groups in total. The van der Waals surface area contributed by atoms with Crippen LogP contribution in [-0.4, -0.2) is 41.6 Å². The van der Waals surface area contributed by atoms with Crippen molar-refractivity contribution in [1.82, 2.24) is 4.90 Å². The molecule has 3 rings (SSSR count). The summed E-state index contributed by atoms with van der Waals surface area (Å²) in [7, 11) is 0. The summed E-state index contributed by atoms with van der Waals surface area (Å²) < 4.78 is 31.9. The highest BCUT2D eigenvalue weighted by Crippen LogP contribution is 2.26. The Hall–Kier alpha value is -2.32. The van der Waals surface area contributed by atoms with E-state index in [0.29, 0.717) is 17.0 Å². The number of carboxylic acid groups (broad SMARTS) is 1. The minimum absolute atomic E-state index is 0.0868. The van der Waals surface area contributed by atoms with E-state index in [1.54, 1.807) is 0 Å². The summed E-state index contributed by atoms with van der Waals surface area (Å²) in [6.45, 7) is 0.788. The maximum absolute atomic E-state index is 13.4. The fourth-order valence-electron chi connectivity index (χ4n) is 2.47. The molecule has 1 amide bonds. The van der Waals surface area contributed by atoms with Crippen LogP contribution in [0.2, 0.25) is 0 Å².